The van der Waals surface area contributed by atoms with Crippen LogP contribution in [-0.4, -0.2) is 44.1 Å². The zero-order valence-corrected chi connectivity index (χ0v) is 26.5. The predicted octanol–water partition coefficient (Wildman–Crippen LogP) is 7.82. The number of rotatable bonds is 10. The molecular weight excluding hydrogens is 647 g/mol. The van der Waals surface area contributed by atoms with Gasteiger partial charge in [-0.15, -0.1) is 0 Å². The molecule has 0 N–H and O–H groups in total. The van der Waals surface area contributed by atoms with Crippen LogP contribution in [0.2, 0.25) is 0 Å². The molecule has 0 radical (unpaired) electrons. The summed E-state index contributed by atoms with van der Waals surface area (Å²) in [6.45, 7) is 3.55. The minimum atomic E-state index is 0.0420. The molecule has 1 saturated heterocycles. The van der Waals surface area contributed by atoms with E-state index in [9.17, 15) is 4.79 Å². The Kier molecular flexibility index (Phi) is 10.2. The van der Waals surface area contributed by atoms with Crippen molar-refractivity contribution in [2.24, 2.45) is 16.8 Å². The summed E-state index contributed by atoms with van der Waals surface area (Å²) in [6, 6.07) is 20.6. The highest BCUT2D eigenvalue weighted by atomic mass is 127. The molecule has 5 rings (SSSR count). The zero-order valence-electron chi connectivity index (χ0n) is 23.6. The first kappa shape index (κ1) is 29.8. The van der Waals surface area contributed by atoms with Gasteiger partial charge in [-0.1, -0.05) is 54.1 Å². The van der Waals surface area contributed by atoms with Gasteiger partial charge in [0.1, 0.15) is 6.61 Å². The first-order chi connectivity index (χ1) is 19.9. The number of ketones is 1. The molecule has 0 bridgehead atoms. The Bertz CT molecular complexity index is 1430. The average molecular weight is 683 g/mol. The molecule has 1 aliphatic carbocycles. The fraction of sp³-hybridized carbons (Fsp3) is 0.353. The molecule has 41 heavy (non-hydrogen) atoms. The number of likely N-dealkylation sites (tertiary alicyclic amines) is 1. The molecule has 0 saturated carbocycles. The van der Waals surface area contributed by atoms with Crippen LogP contribution in [0.15, 0.2) is 71.7 Å². The van der Waals surface area contributed by atoms with Crippen molar-refractivity contribution < 1.29 is 14.3 Å². The van der Waals surface area contributed by atoms with E-state index in [2.05, 4.69) is 68.9 Å². The van der Waals surface area contributed by atoms with Crippen molar-refractivity contribution in [2.75, 3.05) is 27.2 Å². The second kappa shape index (κ2) is 14.0. The second-order valence-corrected chi connectivity index (χ2v) is 12.5. The van der Waals surface area contributed by atoms with Crippen LogP contribution in [0.4, 0.5) is 0 Å². The highest BCUT2D eigenvalue weighted by Gasteiger charge is 2.34. The van der Waals surface area contributed by atoms with Gasteiger partial charge in [0, 0.05) is 40.4 Å². The summed E-state index contributed by atoms with van der Waals surface area (Å²) in [7, 11) is 3.36. The summed E-state index contributed by atoms with van der Waals surface area (Å²) >= 11 is 8.70. The van der Waals surface area contributed by atoms with Crippen LogP contribution in [0, 0.1) is 15.4 Å². The first-order valence-electron chi connectivity index (χ1n) is 14.2. The molecule has 5 nitrogen and oxygen atoms in total. The third-order valence-electron chi connectivity index (χ3n) is 8.12. The Balaban J connectivity index is 1.19. The summed E-state index contributed by atoms with van der Waals surface area (Å²) in [6.07, 6.45) is 7.49. The lowest BCUT2D eigenvalue weighted by Crippen LogP contribution is -2.34. The van der Waals surface area contributed by atoms with E-state index in [1.165, 1.54) is 5.56 Å². The summed E-state index contributed by atoms with van der Waals surface area (Å²) in [5, 5.41) is 0.638. The molecule has 3 aromatic carbocycles. The van der Waals surface area contributed by atoms with Gasteiger partial charge in [0.2, 0.25) is 0 Å². The lowest BCUT2D eigenvalue weighted by molar-refractivity contribution is 0.0895. The van der Waals surface area contributed by atoms with Gasteiger partial charge in [-0.25, -0.2) is 0 Å². The number of benzene rings is 3. The molecule has 1 aliphatic heterocycles. The third-order valence-corrected chi connectivity index (χ3v) is 9.34. The maximum Gasteiger partial charge on any atom is 0.166 e. The average Bonchev–Trinajstić information content (AvgIpc) is 3.29. The number of carbonyl (C=O) groups excluding carboxylic acids is 1. The normalized spacial score (nSPS) is 18.2. The van der Waals surface area contributed by atoms with E-state index in [1.807, 2.05) is 24.3 Å². The molecule has 0 aromatic heterocycles. The summed E-state index contributed by atoms with van der Waals surface area (Å²) in [5.74, 6) is 2.15. The highest BCUT2D eigenvalue weighted by molar-refractivity contribution is 14.1. The van der Waals surface area contributed by atoms with Crippen LogP contribution < -0.4 is 9.47 Å². The van der Waals surface area contributed by atoms with Crippen molar-refractivity contribution in [1.29, 1.82) is 0 Å². The number of methoxy groups -OCH3 is 1. The van der Waals surface area contributed by atoms with E-state index >= 15 is 0 Å². The number of allylic oxidation sites excluding steroid dienone is 1. The van der Waals surface area contributed by atoms with Crippen LogP contribution in [0.25, 0.3) is 5.03 Å². The number of aliphatic imine (C=N–C) groups is 1. The lowest BCUT2D eigenvalue weighted by Gasteiger charge is -2.32. The van der Waals surface area contributed by atoms with Crippen molar-refractivity contribution in [1.82, 2.24) is 4.90 Å². The number of hydrogen-bond donors (Lipinski definition) is 0. The summed E-state index contributed by atoms with van der Waals surface area (Å²) in [5.41, 5.74) is 5.18. The number of carbonyl (C=O) groups is 1. The Labute approximate surface area is 261 Å². The van der Waals surface area contributed by atoms with Crippen molar-refractivity contribution in [3.05, 3.63) is 98.1 Å². The van der Waals surface area contributed by atoms with Crippen LogP contribution in [0.3, 0.4) is 0 Å². The van der Waals surface area contributed by atoms with Crippen molar-refractivity contribution in [3.8, 4) is 11.5 Å². The smallest absolute Gasteiger partial charge is 0.166 e. The van der Waals surface area contributed by atoms with Crippen molar-refractivity contribution in [2.45, 2.75) is 38.8 Å². The van der Waals surface area contributed by atoms with Gasteiger partial charge in [0.25, 0.3) is 0 Å². The molecule has 1 unspecified atom stereocenters. The second-order valence-electron chi connectivity index (χ2n) is 10.9. The minimum Gasteiger partial charge on any atom is -0.493 e. The Morgan fingerprint density at radius 3 is 2.56 bits per heavy atom. The fourth-order valence-corrected chi connectivity index (χ4v) is 7.15. The van der Waals surface area contributed by atoms with Crippen molar-refractivity contribution >= 4 is 51.2 Å². The first-order valence-corrected chi connectivity index (χ1v) is 15.6. The van der Waals surface area contributed by atoms with Gasteiger partial charge in [-0.2, -0.15) is 0 Å². The maximum atomic E-state index is 13.5. The monoisotopic (exact) mass is 682 g/mol. The summed E-state index contributed by atoms with van der Waals surface area (Å²) < 4.78 is 12.9. The topological polar surface area (TPSA) is 51.1 Å². The molecule has 1 atom stereocenters. The van der Waals surface area contributed by atoms with E-state index in [0.717, 1.165) is 71.1 Å². The number of Topliss-reactive ketones (excluding diaryl/α,β-unsaturated/α-hetero) is 1. The minimum absolute atomic E-state index is 0.0420. The Morgan fingerprint density at radius 2 is 1.85 bits per heavy atom. The zero-order chi connectivity index (χ0) is 28.8. The maximum absolute atomic E-state index is 13.5. The van der Waals surface area contributed by atoms with E-state index < -0.39 is 0 Å². The third kappa shape index (κ3) is 7.40. The predicted molar refractivity (Wildman–Crippen MR) is 175 cm³/mol. The van der Waals surface area contributed by atoms with Gasteiger partial charge in [0.05, 0.1) is 12.1 Å². The largest absolute Gasteiger partial charge is 0.493 e. The number of halogens is 2. The van der Waals surface area contributed by atoms with E-state index in [-0.39, 0.29) is 11.7 Å². The lowest BCUT2D eigenvalue weighted by atomic mass is 9.85. The number of nitrogens with zero attached hydrogens (tertiary/aromatic N) is 2. The van der Waals surface area contributed by atoms with Gasteiger partial charge in [-0.05, 0) is 108 Å². The highest BCUT2D eigenvalue weighted by Crippen LogP contribution is 2.40. The molecular formula is C34H36ClIN2O3. The summed E-state index contributed by atoms with van der Waals surface area (Å²) in [4.78, 5) is 20.0. The van der Waals surface area contributed by atoms with Gasteiger partial charge in [-0.3, -0.25) is 14.7 Å². The molecule has 1 heterocycles. The molecule has 0 amide bonds. The van der Waals surface area contributed by atoms with E-state index in [1.54, 1.807) is 26.4 Å². The Hall–Kier alpha value is -2.68. The molecule has 214 valence electrons. The van der Waals surface area contributed by atoms with Gasteiger partial charge >= 0.3 is 0 Å². The molecule has 0 spiro atoms. The standard InChI is InChI=1S/C34H36ClIN2O3/c1-37-13-10-30(35)28-9-8-25(17-31(28)36)22-41-33-20-29-26(19-32(33)40-2)18-27(34(29)39)16-23-11-14-38(15-12-23)21-24-6-4-3-5-7-24/h3-10,13,17,19-20,23,27H,11-12,14-16,18,21-22H2,1-2H3/b30-10+,37-13?. The molecule has 1 fully saturated rings. The van der Waals surface area contributed by atoms with Crippen LogP contribution in [0.5, 0.6) is 11.5 Å². The molecule has 7 heteroatoms. The van der Waals surface area contributed by atoms with Crippen LogP contribution >= 0.6 is 34.2 Å². The number of piperidine rings is 1. The molecule has 3 aromatic rings. The van der Waals surface area contributed by atoms with Gasteiger partial charge in [0.15, 0.2) is 17.3 Å². The number of ether oxygens (including phenoxy) is 2. The molecule has 2 aliphatic rings. The van der Waals surface area contributed by atoms with Crippen molar-refractivity contribution in [3.63, 3.8) is 0 Å². The van der Waals surface area contributed by atoms with E-state index in [0.29, 0.717) is 29.1 Å². The van der Waals surface area contributed by atoms with E-state index in [4.69, 9.17) is 21.1 Å². The van der Waals surface area contributed by atoms with Gasteiger partial charge < -0.3 is 9.47 Å². The quantitative estimate of drug-likeness (QED) is 0.162. The van der Waals surface area contributed by atoms with Crippen LogP contribution in [-0.2, 0) is 19.6 Å². The van der Waals surface area contributed by atoms with Crippen LogP contribution in [0.1, 0.15) is 51.9 Å². The fourth-order valence-electron chi connectivity index (χ4n) is 5.90. The number of hydrogen-bond acceptors (Lipinski definition) is 5. The SMILES string of the molecule is CN=C/C=C(/Cl)c1ccc(COc2cc3c(cc2OC)CC(CC2CCN(Cc4ccccc4)CC2)C3=O)cc1I. The number of fused-ring (bicyclic) bond motifs is 1. The Morgan fingerprint density at radius 1 is 1.07 bits per heavy atom.